The maximum Gasteiger partial charge on any atom is 0.234 e. The van der Waals surface area contributed by atoms with Crippen LogP contribution in [0.5, 0.6) is 0 Å². The van der Waals surface area contributed by atoms with Crippen LogP contribution in [0.4, 0.5) is 0 Å². The fourth-order valence-electron chi connectivity index (χ4n) is 2.01. The van der Waals surface area contributed by atoms with Gasteiger partial charge in [-0.2, -0.15) is 5.26 Å². The predicted octanol–water partition coefficient (Wildman–Crippen LogP) is 1.48. The van der Waals surface area contributed by atoms with Gasteiger partial charge in [0.1, 0.15) is 4.75 Å². The molecule has 0 aliphatic carbocycles. The van der Waals surface area contributed by atoms with E-state index in [0.29, 0.717) is 12.5 Å². The van der Waals surface area contributed by atoms with E-state index in [4.69, 9.17) is 0 Å². The molecule has 1 N–H and O–H groups in total. The Morgan fingerprint density at radius 2 is 2.11 bits per heavy atom. The summed E-state index contributed by atoms with van der Waals surface area (Å²) in [5, 5.41) is 12.1. The number of nitrogens with zero attached hydrogens (tertiary/aromatic N) is 2. The molecule has 4 nitrogen and oxygen atoms in total. The molecule has 0 spiro atoms. The first-order valence-electron chi connectivity index (χ1n) is 6.47. The van der Waals surface area contributed by atoms with Gasteiger partial charge in [-0.15, -0.1) is 11.8 Å². The Balaban J connectivity index is 2.31. The lowest BCUT2D eigenvalue weighted by Crippen LogP contribution is -2.46. The number of rotatable bonds is 5. The second-order valence-electron chi connectivity index (χ2n) is 5.28. The smallest absolute Gasteiger partial charge is 0.234 e. The van der Waals surface area contributed by atoms with E-state index in [1.807, 2.05) is 6.26 Å². The van der Waals surface area contributed by atoms with Gasteiger partial charge in [0.05, 0.1) is 12.6 Å². The summed E-state index contributed by atoms with van der Waals surface area (Å²) < 4.78 is -0.231. The molecule has 102 valence electrons. The quantitative estimate of drug-likeness (QED) is 0.821. The van der Waals surface area contributed by atoms with Gasteiger partial charge in [0.15, 0.2) is 0 Å². The Hall–Kier alpha value is -0.730. The van der Waals surface area contributed by atoms with Gasteiger partial charge in [-0.05, 0) is 25.0 Å². The fourth-order valence-corrected chi connectivity index (χ4v) is 2.69. The first kappa shape index (κ1) is 15.3. The molecule has 0 bridgehead atoms. The van der Waals surface area contributed by atoms with E-state index in [2.05, 4.69) is 30.1 Å². The van der Waals surface area contributed by atoms with Crippen molar-refractivity contribution in [2.24, 2.45) is 5.92 Å². The highest BCUT2D eigenvalue weighted by molar-refractivity contribution is 8.00. The number of nitrogens with one attached hydrogen (secondary N) is 1. The second-order valence-corrected chi connectivity index (χ2v) is 6.47. The molecule has 0 atom stereocenters. The van der Waals surface area contributed by atoms with Crippen molar-refractivity contribution in [3.8, 4) is 6.07 Å². The molecule has 5 heteroatoms. The number of nitriles is 1. The molecule has 0 radical (unpaired) electrons. The molecular formula is C13H23N3OS. The molecular weight excluding hydrogens is 246 g/mol. The number of hydrogen-bond acceptors (Lipinski definition) is 4. The summed E-state index contributed by atoms with van der Waals surface area (Å²) >= 11 is 1.64. The molecule has 18 heavy (non-hydrogen) atoms. The molecule has 1 fully saturated rings. The van der Waals surface area contributed by atoms with E-state index in [9.17, 15) is 10.1 Å². The first-order chi connectivity index (χ1) is 8.51. The first-order valence-corrected chi connectivity index (χ1v) is 7.69. The second kappa shape index (κ2) is 7.01. The molecule has 1 amide bonds. The van der Waals surface area contributed by atoms with Crippen molar-refractivity contribution in [2.45, 2.75) is 31.4 Å². The van der Waals surface area contributed by atoms with Crippen LogP contribution >= 0.6 is 11.8 Å². The van der Waals surface area contributed by atoms with Crippen LogP contribution in [0.15, 0.2) is 0 Å². The summed E-state index contributed by atoms with van der Waals surface area (Å²) in [6, 6.07) is 2.42. The third-order valence-corrected chi connectivity index (χ3v) is 4.61. The summed E-state index contributed by atoms with van der Waals surface area (Å²) in [5.74, 6) is 0.579. The van der Waals surface area contributed by atoms with E-state index in [1.54, 1.807) is 11.8 Å². The number of thioether (sulfide) groups is 1. The lowest BCUT2D eigenvalue weighted by Gasteiger charge is -2.35. The van der Waals surface area contributed by atoms with Crippen LogP contribution < -0.4 is 5.32 Å². The zero-order valence-corrected chi connectivity index (χ0v) is 12.3. The molecule has 0 aromatic carbocycles. The highest BCUT2D eigenvalue weighted by Gasteiger charge is 2.34. The van der Waals surface area contributed by atoms with E-state index in [1.165, 1.54) is 0 Å². The van der Waals surface area contributed by atoms with Crippen LogP contribution in [-0.2, 0) is 4.79 Å². The normalized spacial score (nSPS) is 19.5. The van der Waals surface area contributed by atoms with E-state index in [0.717, 1.165) is 32.5 Å². The van der Waals surface area contributed by atoms with Crippen molar-refractivity contribution < 1.29 is 4.79 Å². The average molecular weight is 269 g/mol. The molecule has 1 rings (SSSR count). The minimum absolute atomic E-state index is 0.0947. The zero-order chi connectivity index (χ0) is 13.6. The van der Waals surface area contributed by atoms with Crippen molar-refractivity contribution in [3.63, 3.8) is 0 Å². The lowest BCUT2D eigenvalue weighted by atomic mass is 9.97. The maximum absolute atomic E-state index is 11.7. The molecule has 1 heterocycles. The largest absolute Gasteiger partial charge is 0.355 e. The average Bonchev–Trinajstić information content (AvgIpc) is 2.38. The molecule has 1 aliphatic heterocycles. The van der Waals surface area contributed by atoms with Gasteiger partial charge in [0.2, 0.25) is 5.91 Å². The van der Waals surface area contributed by atoms with Crippen molar-refractivity contribution in [3.05, 3.63) is 0 Å². The summed E-state index contributed by atoms with van der Waals surface area (Å²) in [6.07, 6.45) is 3.69. The van der Waals surface area contributed by atoms with Gasteiger partial charge in [-0.3, -0.25) is 9.69 Å². The van der Waals surface area contributed by atoms with E-state index < -0.39 is 0 Å². The molecule has 1 aliphatic rings. The van der Waals surface area contributed by atoms with Crippen LogP contribution in [0.3, 0.4) is 0 Å². The Morgan fingerprint density at radius 3 is 2.56 bits per heavy atom. The van der Waals surface area contributed by atoms with Crippen LogP contribution in [0.2, 0.25) is 0 Å². The van der Waals surface area contributed by atoms with E-state index >= 15 is 0 Å². The number of likely N-dealkylation sites (tertiary alicyclic amines) is 1. The number of carbonyl (C=O) groups is 1. The van der Waals surface area contributed by atoms with Gasteiger partial charge >= 0.3 is 0 Å². The molecule has 0 saturated carbocycles. The molecule has 0 aromatic rings. The van der Waals surface area contributed by atoms with Gasteiger partial charge in [-0.25, -0.2) is 0 Å². The highest BCUT2D eigenvalue weighted by atomic mass is 32.2. The monoisotopic (exact) mass is 269 g/mol. The number of carbonyl (C=O) groups excluding carboxylic acids is 1. The van der Waals surface area contributed by atoms with Crippen LogP contribution in [0.25, 0.3) is 0 Å². The SMILES string of the molecule is CSC1(C#N)CCN(CC(=O)NCC(C)C)CC1. The third-order valence-electron chi connectivity index (χ3n) is 3.33. The van der Waals surface area contributed by atoms with Crippen molar-refractivity contribution in [2.75, 3.05) is 32.4 Å². The van der Waals surface area contributed by atoms with Gasteiger partial charge in [0.25, 0.3) is 0 Å². The number of piperidine rings is 1. The van der Waals surface area contributed by atoms with Crippen LogP contribution in [-0.4, -0.2) is 48.0 Å². The van der Waals surface area contributed by atoms with Gasteiger partial charge in [0, 0.05) is 19.6 Å². The highest BCUT2D eigenvalue weighted by Crippen LogP contribution is 2.33. The van der Waals surface area contributed by atoms with Crippen molar-refractivity contribution in [1.82, 2.24) is 10.2 Å². The fraction of sp³-hybridized carbons (Fsp3) is 0.846. The van der Waals surface area contributed by atoms with Crippen LogP contribution in [0.1, 0.15) is 26.7 Å². The summed E-state index contributed by atoms with van der Waals surface area (Å²) in [6.45, 7) is 7.04. The van der Waals surface area contributed by atoms with Crippen molar-refractivity contribution >= 4 is 17.7 Å². The maximum atomic E-state index is 11.7. The summed E-state index contributed by atoms with van der Waals surface area (Å²) in [7, 11) is 0. The minimum Gasteiger partial charge on any atom is -0.355 e. The Bertz CT molecular complexity index is 317. The topological polar surface area (TPSA) is 56.1 Å². The van der Waals surface area contributed by atoms with Gasteiger partial charge < -0.3 is 5.32 Å². The molecule has 0 unspecified atom stereocenters. The van der Waals surface area contributed by atoms with Gasteiger partial charge in [-0.1, -0.05) is 13.8 Å². The van der Waals surface area contributed by atoms with Crippen molar-refractivity contribution in [1.29, 1.82) is 5.26 Å². The Kier molecular flexibility index (Phi) is 5.97. The summed E-state index contributed by atoms with van der Waals surface area (Å²) in [5.41, 5.74) is 0. The van der Waals surface area contributed by atoms with E-state index in [-0.39, 0.29) is 10.7 Å². The summed E-state index contributed by atoms with van der Waals surface area (Å²) in [4.78, 5) is 13.8. The Morgan fingerprint density at radius 1 is 1.50 bits per heavy atom. The molecule has 0 aromatic heterocycles. The minimum atomic E-state index is -0.231. The molecule has 1 saturated heterocycles. The number of hydrogen-bond donors (Lipinski definition) is 1. The van der Waals surface area contributed by atoms with Crippen LogP contribution in [0, 0.1) is 17.2 Å². The standard InChI is InChI=1S/C13H23N3OS/c1-11(2)8-15-12(17)9-16-6-4-13(10-14,18-3)5-7-16/h11H,4-9H2,1-3H3,(H,15,17). The zero-order valence-electron chi connectivity index (χ0n) is 11.5. The third kappa shape index (κ3) is 4.51. The number of amides is 1. The lowest BCUT2D eigenvalue weighted by molar-refractivity contribution is -0.122. The predicted molar refractivity (Wildman–Crippen MR) is 75.4 cm³/mol. The Labute approximate surface area is 114 Å².